The molecule has 2 atom stereocenters. The van der Waals surface area contributed by atoms with Gasteiger partial charge in [0.2, 0.25) is 5.91 Å². The number of amides is 2. The lowest BCUT2D eigenvalue weighted by Crippen LogP contribution is -2.53. The topological polar surface area (TPSA) is 129 Å². The van der Waals surface area contributed by atoms with E-state index in [4.69, 9.17) is 10.00 Å². The second-order valence-electron chi connectivity index (χ2n) is 6.73. The molecule has 1 aromatic rings. The average molecular weight is 389 g/mol. The largest absolute Gasteiger partial charge is 0.480 e. The van der Waals surface area contributed by atoms with E-state index in [-0.39, 0.29) is 18.9 Å². The molecule has 0 aliphatic heterocycles. The van der Waals surface area contributed by atoms with Crippen LogP contribution >= 0.6 is 0 Å². The molecular weight excluding hydrogens is 362 g/mol. The molecule has 28 heavy (non-hydrogen) atoms. The molecule has 1 rings (SSSR count). The summed E-state index contributed by atoms with van der Waals surface area (Å²) in [5.74, 6) is -2.00. The van der Waals surface area contributed by atoms with E-state index < -0.39 is 30.1 Å². The zero-order valence-corrected chi connectivity index (χ0v) is 16.2. The summed E-state index contributed by atoms with van der Waals surface area (Å²) in [4.78, 5) is 35.9. The van der Waals surface area contributed by atoms with Crippen molar-refractivity contribution in [3.05, 3.63) is 35.9 Å². The maximum atomic E-state index is 12.5. The lowest BCUT2D eigenvalue weighted by atomic mass is 10.0. The van der Waals surface area contributed by atoms with Crippen LogP contribution in [0.15, 0.2) is 30.3 Å². The number of hydrogen-bond acceptors (Lipinski definition) is 5. The molecular formula is C20H27N3O5. The summed E-state index contributed by atoms with van der Waals surface area (Å²) in [5.41, 5.74) is 0.812. The number of rotatable bonds is 11. The Kier molecular flexibility index (Phi) is 10.1. The third-order valence-corrected chi connectivity index (χ3v) is 4.08. The number of unbranched alkanes of at least 4 members (excludes halogenated alkanes) is 2. The molecule has 2 amide bonds. The van der Waals surface area contributed by atoms with Gasteiger partial charge in [-0.1, -0.05) is 44.2 Å². The molecule has 8 heteroatoms. The first-order valence-corrected chi connectivity index (χ1v) is 9.22. The molecule has 0 fully saturated rings. The van der Waals surface area contributed by atoms with Crippen LogP contribution in [0.2, 0.25) is 0 Å². The fourth-order valence-corrected chi connectivity index (χ4v) is 2.50. The third kappa shape index (κ3) is 8.54. The van der Waals surface area contributed by atoms with Crippen molar-refractivity contribution in [1.82, 2.24) is 10.6 Å². The number of nitrogens with one attached hydrogen (secondary N) is 2. The van der Waals surface area contributed by atoms with Gasteiger partial charge in [0.25, 0.3) is 0 Å². The van der Waals surface area contributed by atoms with Crippen molar-refractivity contribution in [3.63, 3.8) is 0 Å². The average Bonchev–Trinajstić information content (AvgIpc) is 2.67. The van der Waals surface area contributed by atoms with Crippen LogP contribution in [0.1, 0.15) is 45.1 Å². The van der Waals surface area contributed by atoms with Crippen molar-refractivity contribution in [2.45, 2.75) is 58.2 Å². The molecule has 1 aromatic carbocycles. The van der Waals surface area contributed by atoms with Gasteiger partial charge >= 0.3 is 12.1 Å². The Balaban J connectivity index is 2.59. The molecule has 3 N–H and O–H groups in total. The minimum absolute atomic E-state index is 0.0652. The first kappa shape index (κ1) is 23.0. The molecule has 8 nitrogen and oxygen atoms in total. The smallest absolute Gasteiger partial charge is 0.408 e. The Morgan fingerprint density at radius 3 is 2.39 bits per heavy atom. The van der Waals surface area contributed by atoms with Gasteiger partial charge in [-0.25, -0.2) is 9.59 Å². The number of alkyl carbamates (subject to hydrolysis) is 1. The highest BCUT2D eigenvalue weighted by Gasteiger charge is 2.28. The normalized spacial score (nSPS) is 12.5. The van der Waals surface area contributed by atoms with Gasteiger partial charge in [-0.3, -0.25) is 4.79 Å². The highest BCUT2D eigenvalue weighted by atomic mass is 16.5. The van der Waals surface area contributed by atoms with Gasteiger partial charge in [-0.15, -0.1) is 0 Å². The summed E-state index contributed by atoms with van der Waals surface area (Å²) in [7, 11) is 0. The third-order valence-electron chi connectivity index (χ3n) is 4.08. The number of carbonyl (C=O) groups excluding carboxylic acids is 2. The minimum Gasteiger partial charge on any atom is -0.480 e. The molecule has 0 saturated heterocycles. The Bertz CT molecular complexity index is 685. The second-order valence-corrected chi connectivity index (χ2v) is 6.73. The Labute approximate surface area is 164 Å². The van der Waals surface area contributed by atoms with E-state index in [0.717, 1.165) is 5.56 Å². The summed E-state index contributed by atoms with van der Waals surface area (Å²) in [6, 6.07) is 9.11. The van der Waals surface area contributed by atoms with Crippen molar-refractivity contribution in [1.29, 1.82) is 5.26 Å². The molecule has 0 spiro atoms. The van der Waals surface area contributed by atoms with Crippen LogP contribution in [0.25, 0.3) is 0 Å². The summed E-state index contributed by atoms with van der Waals surface area (Å²) in [6.45, 7) is 3.55. The van der Waals surface area contributed by atoms with Crippen molar-refractivity contribution < 1.29 is 24.2 Å². The van der Waals surface area contributed by atoms with E-state index >= 15 is 0 Å². The van der Waals surface area contributed by atoms with E-state index in [1.165, 1.54) is 0 Å². The molecule has 0 unspecified atom stereocenters. The maximum Gasteiger partial charge on any atom is 0.408 e. The van der Waals surface area contributed by atoms with E-state index in [9.17, 15) is 19.5 Å². The van der Waals surface area contributed by atoms with Crippen molar-refractivity contribution >= 4 is 18.0 Å². The zero-order chi connectivity index (χ0) is 20.9. The van der Waals surface area contributed by atoms with Gasteiger partial charge in [0.15, 0.2) is 0 Å². The van der Waals surface area contributed by atoms with Crippen LogP contribution in [0.4, 0.5) is 4.79 Å². The van der Waals surface area contributed by atoms with Gasteiger partial charge < -0.3 is 20.5 Å². The standard InChI is InChI=1S/C20H27N3O5/c1-14(2)17(23-20(27)28-13-15-9-5-3-6-10-15)18(24)22-16(19(25)26)11-7-4-8-12-21/h3,5-6,9-10,14,16-17H,4,7-8,11,13H2,1-2H3,(H,22,24)(H,23,27)(H,25,26)/t16-,17+/m1/s1. The fraction of sp³-hybridized carbons (Fsp3) is 0.500. The van der Waals surface area contributed by atoms with Crippen LogP contribution in [-0.4, -0.2) is 35.2 Å². The Morgan fingerprint density at radius 1 is 1.14 bits per heavy atom. The van der Waals surface area contributed by atoms with Gasteiger partial charge in [0.1, 0.15) is 18.7 Å². The van der Waals surface area contributed by atoms with E-state index in [1.807, 2.05) is 36.4 Å². The molecule has 0 radical (unpaired) electrons. The SMILES string of the molecule is CC(C)[C@H](NC(=O)OCc1ccccc1)C(=O)N[C@H](CCCCC#N)C(=O)O. The lowest BCUT2D eigenvalue weighted by molar-refractivity contribution is -0.142. The first-order valence-electron chi connectivity index (χ1n) is 9.22. The quantitative estimate of drug-likeness (QED) is 0.499. The number of benzene rings is 1. The van der Waals surface area contributed by atoms with Crippen LogP contribution in [0.5, 0.6) is 0 Å². The van der Waals surface area contributed by atoms with Crippen molar-refractivity contribution in [2.24, 2.45) is 5.92 Å². The highest BCUT2D eigenvalue weighted by Crippen LogP contribution is 2.08. The number of carbonyl (C=O) groups is 3. The molecule has 0 saturated carbocycles. The first-order chi connectivity index (χ1) is 13.3. The number of nitrogens with zero attached hydrogens (tertiary/aromatic N) is 1. The molecule has 152 valence electrons. The van der Waals surface area contributed by atoms with Gasteiger partial charge in [-0.05, 0) is 30.7 Å². The van der Waals surface area contributed by atoms with Crippen LogP contribution in [0.3, 0.4) is 0 Å². The van der Waals surface area contributed by atoms with Crippen LogP contribution in [-0.2, 0) is 20.9 Å². The van der Waals surface area contributed by atoms with Crippen molar-refractivity contribution in [3.8, 4) is 6.07 Å². The molecule has 0 heterocycles. The zero-order valence-electron chi connectivity index (χ0n) is 16.2. The summed E-state index contributed by atoms with van der Waals surface area (Å²) in [6.07, 6.45) is 0.867. The number of ether oxygens (including phenoxy) is 1. The predicted molar refractivity (Wildman–Crippen MR) is 102 cm³/mol. The van der Waals surface area contributed by atoms with E-state index in [0.29, 0.717) is 19.3 Å². The molecule has 0 aromatic heterocycles. The minimum atomic E-state index is -1.15. The Hall–Kier alpha value is -3.08. The number of hydrogen-bond donors (Lipinski definition) is 3. The number of nitriles is 1. The van der Waals surface area contributed by atoms with Gasteiger partial charge in [0.05, 0.1) is 6.07 Å². The summed E-state index contributed by atoms with van der Waals surface area (Å²) < 4.78 is 5.13. The maximum absolute atomic E-state index is 12.5. The summed E-state index contributed by atoms with van der Waals surface area (Å²) >= 11 is 0. The highest BCUT2D eigenvalue weighted by molar-refractivity contribution is 5.89. The molecule has 0 bridgehead atoms. The second kappa shape index (κ2) is 12.3. The Morgan fingerprint density at radius 2 is 1.82 bits per heavy atom. The van der Waals surface area contributed by atoms with Crippen LogP contribution in [0, 0.1) is 17.2 Å². The molecule has 0 aliphatic rings. The van der Waals surface area contributed by atoms with Crippen molar-refractivity contribution in [2.75, 3.05) is 0 Å². The van der Waals surface area contributed by atoms with Crippen LogP contribution < -0.4 is 10.6 Å². The van der Waals surface area contributed by atoms with Gasteiger partial charge in [-0.2, -0.15) is 5.26 Å². The van der Waals surface area contributed by atoms with Gasteiger partial charge in [0, 0.05) is 6.42 Å². The number of carboxylic acid groups (broad SMARTS) is 1. The lowest BCUT2D eigenvalue weighted by Gasteiger charge is -2.23. The molecule has 0 aliphatic carbocycles. The monoisotopic (exact) mass is 389 g/mol. The fourth-order valence-electron chi connectivity index (χ4n) is 2.50. The number of aliphatic carboxylic acids is 1. The number of carboxylic acids is 1. The predicted octanol–water partition coefficient (Wildman–Crippen LogP) is 2.59. The van der Waals surface area contributed by atoms with E-state index in [2.05, 4.69) is 10.6 Å². The summed E-state index contributed by atoms with van der Waals surface area (Å²) in [5, 5.41) is 22.8. The van der Waals surface area contributed by atoms with E-state index in [1.54, 1.807) is 13.8 Å².